The van der Waals surface area contributed by atoms with Crippen molar-refractivity contribution in [1.29, 1.82) is 0 Å². The van der Waals surface area contributed by atoms with Gasteiger partial charge in [0.15, 0.2) is 5.96 Å². The summed E-state index contributed by atoms with van der Waals surface area (Å²) in [4.78, 5) is 55.5. The summed E-state index contributed by atoms with van der Waals surface area (Å²) in [6.07, 6.45) is 3.50. The molecular weight excluding hydrogens is 589 g/mol. The molecule has 4 rings (SSSR count). The Morgan fingerprint density at radius 2 is 1.54 bits per heavy atom. The quantitative estimate of drug-likeness (QED) is 0.0897. The van der Waals surface area contributed by atoms with Gasteiger partial charge in [-0.3, -0.25) is 24.2 Å². The molecular formula is C34H42FN7O4. The van der Waals surface area contributed by atoms with E-state index in [1.54, 1.807) is 0 Å². The molecule has 3 aromatic carbocycles. The SMILES string of the molecule is NC(=O)[C@H](Cc1ccc2ccccc2c1)NC(=O)[C@H](CCCN=C(N)N)NC(=O)C1CCC(CNC(=O)c2ccc(F)cc2)CC1. The van der Waals surface area contributed by atoms with E-state index in [0.29, 0.717) is 31.4 Å². The summed E-state index contributed by atoms with van der Waals surface area (Å²) in [6.45, 7) is 0.721. The molecule has 1 aliphatic rings. The van der Waals surface area contributed by atoms with E-state index in [1.165, 1.54) is 24.3 Å². The predicted molar refractivity (Wildman–Crippen MR) is 175 cm³/mol. The zero-order valence-corrected chi connectivity index (χ0v) is 25.7. The van der Waals surface area contributed by atoms with Crippen LogP contribution in [0.4, 0.5) is 4.39 Å². The van der Waals surface area contributed by atoms with Crippen LogP contribution in [-0.4, -0.2) is 54.8 Å². The lowest BCUT2D eigenvalue weighted by molar-refractivity contribution is -0.133. The van der Waals surface area contributed by atoms with Crippen molar-refractivity contribution in [3.05, 3.63) is 83.7 Å². The van der Waals surface area contributed by atoms with Crippen molar-refractivity contribution >= 4 is 40.4 Å². The highest BCUT2D eigenvalue weighted by molar-refractivity contribution is 5.94. The number of fused-ring (bicyclic) bond motifs is 1. The van der Waals surface area contributed by atoms with Crippen molar-refractivity contribution in [2.75, 3.05) is 13.1 Å². The Balaban J connectivity index is 1.33. The molecule has 244 valence electrons. The Morgan fingerprint density at radius 1 is 0.848 bits per heavy atom. The molecule has 0 heterocycles. The maximum atomic E-state index is 13.5. The zero-order chi connectivity index (χ0) is 33.1. The molecule has 4 amide bonds. The lowest BCUT2D eigenvalue weighted by Crippen LogP contribution is -2.54. The summed E-state index contributed by atoms with van der Waals surface area (Å²) in [5.74, 6) is -2.31. The summed E-state index contributed by atoms with van der Waals surface area (Å²) in [5.41, 5.74) is 17.8. The minimum absolute atomic E-state index is 0.0696. The van der Waals surface area contributed by atoms with Gasteiger partial charge in [-0.2, -0.15) is 0 Å². The van der Waals surface area contributed by atoms with E-state index in [9.17, 15) is 23.6 Å². The van der Waals surface area contributed by atoms with Crippen molar-refractivity contribution < 1.29 is 23.6 Å². The van der Waals surface area contributed by atoms with Gasteiger partial charge in [0.05, 0.1) is 0 Å². The Bertz CT molecular complexity index is 1550. The predicted octanol–water partition coefficient (Wildman–Crippen LogP) is 2.27. The Hall–Kier alpha value is -5.00. The van der Waals surface area contributed by atoms with Crippen molar-refractivity contribution in [2.24, 2.45) is 34.0 Å². The molecule has 2 atom stereocenters. The number of primary amides is 1. The molecule has 0 aliphatic heterocycles. The third kappa shape index (κ3) is 10.0. The number of aliphatic imine (C=N–C) groups is 1. The van der Waals surface area contributed by atoms with Crippen molar-refractivity contribution in [3.8, 4) is 0 Å². The number of nitrogens with two attached hydrogens (primary N) is 3. The van der Waals surface area contributed by atoms with Crippen LogP contribution in [0.3, 0.4) is 0 Å². The summed E-state index contributed by atoms with van der Waals surface area (Å²) in [7, 11) is 0. The highest BCUT2D eigenvalue weighted by Crippen LogP contribution is 2.29. The molecule has 1 aliphatic carbocycles. The lowest BCUT2D eigenvalue weighted by atomic mass is 9.81. The third-order valence-corrected chi connectivity index (χ3v) is 8.37. The minimum Gasteiger partial charge on any atom is -0.370 e. The number of carbonyl (C=O) groups excluding carboxylic acids is 4. The molecule has 9 N–H and O–H groups in total. The molecule has 0 bridgehead atoms. The number of benzene rings is 3. The number of amides is 4. The molecule has 46 heavy (non-hydrogen) atoms. The third-order valence-electron chi connectivity index (χ3n) is 8.37. The molecule has 3 aromatic rings. The van der Waals surface area contributed by atoms with Gasteiger partial charge in [-0.05, 0) is 85.0 Å². The summed E-state index contributed by atoms with van der Waals surface area (Å²) in [6, 6.07) is 17.1. The van der Waals surface area contributed by atoms with E-state index >= 15 is 0 Å². The van der Waals surface area contributed by atoms with E-state index in [4.69, 9.17) is 17.2 Å². The van der Waals surface area contributed by atoms with Crippen molar-refractivity contribution in [2.45, 2.75) is 57.0 Å². The van der Waals surface area contributed by atoms with Crippen molar-refractivity contribution in [3.63, 3.8) is 0 Å². The van der Waals surface area contributed by atoms with Gasteiger partial charge in [-0.1, -0.05) is 42.5 Å². The van der Waals surface area contributed by atoms with Crippen LogP contribution in [0.1, 0.15) is 54.4 Å². The number of nitrogens with zero attached hydrogens (tertiary/aromatic N) is 1. The maximum Gasteiger partial charge on any atom is 0.251 e. The first-order chi connectivity index (χ1) is 22.1. The zero-order valence-electron chi connectivity index (χ0n) is 25.7. The van der Waals surface area contributed by atoms with E-state index in [-0.39, 0.29) is 49.0 Å². The number of nitrogens with one attached hydrogen (secondary N) is 3. The van der Waals surface area contributed by atoms with Gasteiger partial charge in [-0.25, -0.2) is 4.39 Å². The fourth-order valence-corrected chi connectivity index (χ4v) is 5.73. The standard InChI is InChI=1S/C34H42FN7O4/c35-27-15-13-24(14-16-27)31(44)40-20-21-7-11-25(12-8-21)32(45)41-28(6-3-17-39-34(37)38)33(46)42-29(30(36)43)19-22-9-10-23-4-1-2-5-26(23)18-22/h1-2,4-5,9-10,13-16,18,21,25,28-29H,3,6-8,11-12,17,19-20H2,(H2,36,43)(H,40,44)(H,41,45)(H,42,46)(H4,37,38,39)/t21?,25?,28-,29-/m0/s1. The van der Waals surface area contributed by atoms with Crippen LogP contribution in [0.2, 0.25) is 0 Å². The van der Waals surface area contributed by atoms with Crippen molar-refractivity contribution in [1.82, 2.24) is 16.0 Å². The maximum absolute atomic E-state index is 13.5. The summed E-state index contributed by atoms with van der Waals surface area (Å²) < 4.78 is 13.2. The fourth-order valence-electron chi connectivity index (χ4n) is 5.73. The van der Waals surface area contributed by atoms with E-state index in [0.717, 1.165) is 29.2 Å². The summed E-state index contributed by atoms with van der Waals surface area (Å²) in [5, 5.41) is 10.6. The van der Waals surface area contributed by atoms with E-state index < -0.39 is 29.7 Å². The van der Waals surface area contributed by atoms with E-state index in [2.05, 4.69) is 20.9 Å². The number of carbonyl (C=O) groups is 4. The van der Waals surface area contributed by atoms with Gasteiger partial charge in [0.1, 0.15) is 17.9 Å². The molecule has 0 saturated heterocycles. The van der Waals surface area contributed by atoms with E-state index in [1.807, 2.05) is 42.5 Å². The molecule has 0 spiro atoms. The molecule has 0 aromatic heterocycles. The highest BCUT2D eigenvalue weighted by atomic mass is 19.1. The molecule has 1 saturated carbocycles. The highest BCUT2D eigenvalue weighted by Gasteiger charge is 2.31. The number of rotatable bonds is 14. The van der Waals surface area contributed by atoms with Crippen LogP contribution in [0.25, 0.3) is 10.8 Å². The van der Waals surface area contributed by atoms with Gasteiger partial charge in [-0.15, -0.1) is 0 Å². The second-order valence-corrected chi connectivity index (χ2v) is 11.8. The average molecular weight is 632 g/mol. The first-order valence-corrected chi connectivity index (χ1v) is 15.6. The normalized spacial score (nSPS) is 17.3. The van der Waals surface area contributed by atoms with Gasteiger partial charge in [0, 0.05) is 31.0 Å². The number of halogens is 1. The van der Waals surface area contributed by atoms with Gasteiger partial charge in [0.25, 0.3) is 5.91 Å². The second kappa shape index (κ2) is 16.4. The largest absolute Gasteiger partial charge is 0.370 e. The Morgan fingerprint density at radius 3 is 2.22 bits per heavy atom. The van der Waals surface area contributed by atoms with Crippen LogP contribution in [-0.2, 0) is 20.8 Å². The molecule has 11 nitrogen and oxygen atoms in total. The molecule has 12 heteroatoms. The van der Waals surface area contributed by atoms with Crippen LogP contribution in [0.15, 0.2) is 71.7 Å². The Kier molecular flexibility index (Phi) is 12.0. The lowest BCUT2D eigenvalue weighted by Gasteiger charge is -2.29. The number of guanidine groups is 1. The minimum atomic E-state index is -0.980. The van der Waals surface area contributed by atoms with Gasteiger partial charge >= 0.3 is 0 Å². The topological polar surface area (TPSA) is 195 Å². The van der Waals surface area contributed by atoms with Crippen LogP contribution in [0.5, 0.6) is 0 Å². The molecule has 1 fully saturated rings. The second-order valence-electron chi connectivity index (χ2n) is 11.8. The van der Waals surface area contributed by atoms with Gasteiger partial charge in [0.2, 0.25) is 17.7 Å². The average Bonchev–Trinajstić information content (AvgIpc) is 3.04. The first kappa shape index (κ1) is 33.9. The number of hydrogen-bond acceptors (Lipinski definition) is 5. The molecule has 0 radical (unpaired) electrons. The summed E-state index contributed by atoms with van der Waals surface area (Å²) >= 11 is 0. The fraction of sp³-hybridized carbons (Fsp3) is 0.382. The smallest absolute Gasteiger partial charge is 0.251 e. The van der Waals surface area contributed by atoms with Crippen LogP contribution in [0, 0.1) is 17.7 Å². The van der Waals surface area contributed by atoms with Gasteiger partial charge < -0.3 is 33.2 Å². The first-order valence-electron chi connectivity index (χ1n) is 15.6. The Labute approximate surface area is 267 Å². The number of hydrogen-bond donors (Lipinski definition) is 6. The van der Waals surface area contributed by atoms with Crippen LogP contribution < -0.4 is 33.2 Å². The molecule has 0 unspecified atom stereocenters. The van der Waals surface area contributed by atoms with Crippen LogP contribution >= 0.6 is 0 Å². The monoisotopic (exact) mass is 631 g/mol.